The highest BCUT2D eigenvalue weighted by atomic mass is 16.4. The second kappa shape index (κ2) is 8.65. The van der Waals surface area contributed by atoms with Crippen LogP contribution in [-0.2, 0) is 19.2 Å². The van der Waals surface area contributed by atoms with Crippen molar-refractivity contribution >= 4 is 23.7 Å². The van der Waals surface area contributed by atoms with Gasteiger partial charge in [0.2, 0.25) is 5.91 Å². The molecule has 0 radical (unpaired) electrons. The second-order valence-corrected chi connectivity index (χ2v) is 9.27. The summed E-state index contributed by atoms with van der Waals surface area (Å²) >= 11 is 0. The fraction of sp³-hybridized carbons (Fsp3) is 0.714. The van der Waals surface area contributed by atoms with Gasteiger partial charge in [0.1, 0.15) is 17.9 Å². The van der Waals surface area contributed by atoms with Gasteiger partial charge in [-0.05, 0) is 51.4 Å². The minimum absolute atomic E-state index is 0.118. The van der Waals surface area contributed by atoms with Gasteiger partial charge < -0.3 is 25.3 Å². The number of piperidine rings is 1. The van der Waals surface area contributed by atoms with Crippen molar-refractivity contribution in [3.05, 3.63) is 11.3 Å². The van der Waals surface area contributed by atoms with Crippen LogP contribution in [0.3, 0.4) is 0 Å². The topological polar surface area (TPSA) is 127 Å². The molecule has 30 heavy (non-hydrogen) atoms. The SMILES string of the molecule is CC1(C)CC(O)=C(C(=O)NCC(=O)O)C(=O)N1CC1CCN(C(=O)CC2CC2)CC1. The molecule has 2 aliphatic heterocycles. The summed E-state index contributed by atoms with van der Waals surface area (Å²) in [4.78, 5) is 51.9. The second-order valence-electron chi connectivity index (χ2n) is 9.27. The highest BCUT2D eigenvalue weighted by Crippen LogP contribution is 2.35. The molecule has 166 valence electrons. The van der Waals surface area contributed by atoms with Gasteiger partial charge in [-0.1, -0.05) is 0 Å². The molecule has 0 bridgehead atoms. The Bertz CT molecular complexity index is 763. The lowest BCUT2D eigenvalue weighted by atomic mass is 9.86. The van der Waals surface area contributed by atoms with E-state index in [1.54, 1.807) is 4.90 Å². The van der Waals surface area contributed by atoms with E-state index in [0.29, 0.717) is 32.0 Å². The Labute approximate surface area is 176 Å². The van der Waals surface area contributed by atoms with Crippen LogP contribution in [0.25, 0.3) is 0 Å². The summed E-state index contributed by atoms with van der Waals surface area (Å²) in [6, 6.07) is 0. The minimum Gasteiger partial charge on any atom is -0.511 e. The van der Waals surface area contributed by atoms with Crippen molar-refractivity contribution in [2.45, 2.75) is 57.9 Å². The highest BCUT2D eigenvalue weighted by molar-refractivity contribution is 6.19. The normalized spacial score (nSPS) is 22.3. The average molecular weight is 421 g/mol. The summed E-state index contributed by atoms with van der Waals surface area (Å²) in [5.41, 5.74) is -1.05. The molecule has 0 aromatic heterocycles. The van der Waals surface area contributed by atoms with Crippen LogP contribution in [-0.4, -0.2) is 75.4 Å². The standard InChI is InChI=1S/C21H31N3O6/c1-21(2)10-15(25)18(19(29)22-11-17(27)28)20(30)24(21)12-14-5-7-23(8-6-14)16(26)9-13-3-4-13/h13-14,25H,3-12H2,1-2H3,(H,22,29)(H,27,28). The predicted octanol–water partition coefficient (Wildman–Crippen LogP) is 1.05. The average Bonchev–Trinajstić information content (AvgIpc) is 3.47. The summed E-state index contributed by atoms with van der Waals surface area (Å²) in [6.07, 6.45) is 4.63. The molecule has 2 fully saturated rings. The van der Waals surface area contributed by atoms with Crippen molar-refractivity contribution in [2.24, 2.45) is 11.8 Å². The maximum atomic E-state index is 13.0. The largest absolute Gasteiger partial charge is 0.511 e. The lowest BCUT2D eigenvalue weighted by Crippen LogP contribution is -2.56. The van der Waals surface area contributed by atoms with Crippen LogP contribution >= 0.6 is 0 Å². The third kappa shape index (κ3) is 5.12. The van der Waals surface area contributed by atoms with Crippen molar-refractivity contribution in [3.63, 3.8) is 0 Å². The van der Waals surface area contributed by atoms with Crippen LogP contribution in [0.2, 0.25) is 0 Å². The number of hydrogen-bond donors (Lipinski definition) is 3. The zero-order chi connectivity index (χ0) is 22.1. The van der Waals surface area contributed by atoms with E-state index in [-0.39, 0.29) is 29.6 Å². The van der Waals surface area contributed by atoms with Crippen molar-refractivity contribution in [1.82, 2.24) is 15.1 Å². The van der Waals surface area contributed by atoms with Crippen LogP contribution in [0.15, 0.2) is 11.3 Å². The van der Waals surface area contributed by atoms with E-state index in [0.717, 1.165) is 25.7 Å². The van der Waals surface area contributed by atoms with E-state index in [9.17, 15) is 24.3 Å². The molecular weight excluding hydrogens is 390 g/mol. The molecule has 2 heterocycles. The van der Waals surface area contributed by atoms with Crippen LogP contribution in [0.5, 0.6) is 0 Å². The van der Waals surface area contributed by atoms with Gasteiger partial charge in [-0.3, -0.25) is 19.2 Å². The molecule has 3 aliphatic rings. The van der Waals surface area contributed by atoms with Crippen molar-refractivity contribution < 1.29 is 29.4 Å². The first kappa shape index (κ1) is 22.1. The zero-order valence-corrected chi connectivity index (χ0v) is 17.6. The number of aliphatic carboxylic acids is 1. The molecule has 3 N–H and O–H groups in total. The predicted molar refractivity (Wildman–Crippen MR) is 107 cm³/mol. The number of carbonyl (C=O) groups excluding carboxylic acids is 3. The molecule has 0 unspecified atom stereocenters. The molecule has 1 saturated heterocycles. The summed E-state index contributed by atoms with van der Waals surface area (Å²) in [5, 5.41) is 21.2. The third-order valence-corrected chi connectivity index (χ3v) is 6.27. The maximum absolute atomic E-state index is 13.0. The molecule has 9 nitrogen and oxygen atoms in total. The Hall–Kier alpha value is -2.58. The number of aliphatic hydroxyl groups is 1. The lowest BCUT2D eigenvalue weighted by Gasteiger charge is -2.45. The maximum Gasteiger partial charge on any atom is 0.322 e. The third-order valence-electron chi connectivity index (χ3n) is 6.27. The van der Waals surface area contributed by atoms with Gasteiger partial charge in [0, 0.05) is 38.0 Å². The molecule has 9 heteroatoms. The molecule has 0 aromatic carbocycles. The molecule has 1 saturated carbocycles. The molecule has 1 aliphatic carbocycles. The van der Waals surface area contributed by atoms with Gasteiger partial charge in [0.05, 0.1) is 0 Å². The van der Waals surface area contributed by atoms with E-state index in [2.05, 4.69) is 5.32 Å². The van der Waals surface area contributed by atoms with Crippen molar-refractivity contribution in [1.29, 1.82) is 0 Å². The Kier molecular flexibility index (Phi) is 6.38. The number of carbonyl (C=O) groups is 4. The number of aliphatic hydroxyl groups excluding tert-OH is 1. The Balaban J connectivity index is 1.62. The molecule has 0 atom stereocenters. The summed E-state index contributed by atoms with van der Waals surface area (Å²) in [5.74, 6) is -2.03. The molecular formula is C21H31N3O6. The van der Waals surface area contributed by atoms with Crippen LogP contribution in [0, 0.1) is 11.8 Å². The molecule has 3 amide bonds. The number of hydrogen-bond acceptors (Lipinski definition) is 5. The summed E-state index contributed by atoms with van der Waals surface area (Å²) in [7, 11) is 0. The Morgan fingerprint density at radius 3 is 2.30 bits per heavy atom. The van der Waals surface area contributed by atoms with E-state index in [1.807, 2.05) is 18.7 Å². The van der Waals surface area contributed by atoms with Gasteiger partial charge in [-0.15, -0.1) is 0 Å². The summed E-state index contributed by atoms with van der Waals surface area (Å²) < 4.78 is 0. The van der Waals surface area contributed by atoms with E-state index >= 15 is 0 Å². The number of carboxylic acid groups (broad SMARTS) is 1. The molecule has 3 rings (SSSR count). The number of amides is 3. The monoisotopic (exact) mass is 421 g/mol. The van der Waals surface area contributed by atoms with E-state index in [4.69, 9.17) is 5.11 Å². The van der Waals surface area contributed by atoms with Gasteiger partial charge in [-0.2, -0.15) is 0 Å². The fourth-order valence-electron chi connectivity index (χ4n) is 4.25. The van der Waals surface area contributed by atoms with Crippen molar-refractivity contribution in [3.8, 4) is 0 Å². The Morgan fingerprint density at radius 2 is 1.73 bits per heavy atom. The first-order valence-electron chi connectivity index (χ1n) is 10.6. The van der Waals surface area contributed by atoms with Crippen LogP contribution < -0.4 is 5.32 Å². The molecule has 0 aromatic rings. The number of rotatable bonds is 7. The number of nitrogens with zero attached hydrogens (tertiary/aromatic N) is 2. The minimum atomic E-state index is -1.23. The van der Waals surface area contributed by atoms with Gasteiger partial charge in [0.15, 0.2) is 0 Å². The first-order chi connectivity index (χ1) is 14.1. The van der Waals surface area contributed by atoms with Crippen molar-refractivity contribution in [2.75, 3.05) is 26.2 Å². The van der Waals surface area contributed by atoms with Gasteiger partial charge in [0.25, 0.3) is 11.8 Å². The smallest absolute Gasteiger partial charge is 0.322 e. The zero-order valence-electron chi connectivity index (χ0n) is 17.6. The quantitative estimate of drug-likeness (QED) is 0.527. The van der Waals surface area contributed by atoms with Crippen LogP contribution in [0.1, 0.15) is 52.4 Å². The van der Waals surface area contributed by atoms with Gasteiger partial charge in [-0.25, -0.2) is 0 Å². The number of carboxylic acids is 1. The number of nitrogens with one attached hydrogen (secondary N) is 1. The molecule has 0 spiro atoms. The number of likely N-dealkylation sites (tertiary alicyclic amines) is 1. The Morgan fingerprint density at radius 1 is 1.10 bits per heavy atom. The van der Waals surface area contributed by atoms with E-state index in [1.165, 1.54) is 0 Å². The fourth-order valence-corrected chi connectivity index (χ4v) is 4.25. The van der Waals surface area contributed by atoms with Gasteiger partial charge >= 0.3 is 5.97 Å². The van der Waals surface area contributed by atoms with E-state index < -0.39 is 29.9 Å². The lowest BCUT2D eigenvalue weighted by molar-refractivity contribution is -0.141. The summed E-state index contributed by atoms with van der Waals surface area (Å²) in [6.45, 7) is 4.82. The first-order valence-corrected chi connectivity index (χ1v) is 10.6. The van der Waals surface area contributed by atoms with Crippen LogP contribution in [0.4, 0.5) is 0 Å². The highest BCUT2D eigenvalue weighted by Gasteiger charge is 2.43.